The third-order valence-electron chi connectivity index (χ3n) is 11.8. The van der Waals surface area contributed by atoms with E-state index in [0.717, 1.165) is 0 Å². The molecule has 4 aromatic rings. The van der Waals surface area contributed by atoms with Crippen LogP contribution < -0.4 is 22.6 Å². The number of aromatic nitrogens is 8. The molecule has 20 nitrogen and oxygen atoms in total. The molecule has 0 spiro atoms. The van der Waals surface area contributed by atoms with Gasteiger partial charge in [0.05, 0.1) is 48.6 Å². The van der Waals surface area contributed by atoms with Gasteiger partial charge in [-0.2, -0.15) is 9.97 Å². The summed E-state index contributed by atoms with van der Waals surface area (Å²) in [6, 6.07) is 0. The molecule has 8 N–H and O–H groups in total. The van der Waals surface area contributed by atoms with Crippen LogP contribution in [0.4, 0.5) is 11.9 Å². The fourth-order valence-electron chi connectivity index (χ4n) is 6.64. The van der Waals surface area contributed by atoms with Crippen LogP contribution in [0.5, 0.6) is 0 Å². The van der Waals surface area contributed by atoms with E-state index in [9.17, 15) is 19.4 Å². The molecule has 28 heteroatoms. The van der Waals surface area contributed by atoms with E-state index in [-0.39, 0.29) is 57.5 Å². The van der Waals surface area contributed by atoms with Crippen molar-refractivity contribution < 1.29 is 36.7 Å². The summed E-state index contributed by atoms with van der Waals surface area (Å²) in [6.45, 7) is 12.1. The lowest BCUT2D eigenvalue weighted by atomic mass is 10.1. The number of nitrogens with one attached hydrogen (secondary N) is 2. The summed E-state index contributed by atoms with van der Waals surface area (Å²) in [7, 11) is -5.25. The Kier molecular flexibility index (Phi) is 12.5. The molecule has 0 radical (unpaired) electrons. The Labute approximate surface area is 366 Å². The van der Waals surface area contributed by atoms with Crippen LogP contribution in [0.3, 0.4) is 0 Å². The van der Waals surface area contributed by atoms with Crippen LogP contribution in [-0.4, -0.2) is 114 Å². The molecule has 0 amide bonds. The van der Waals surface area contributed by atoms with E-state index in [0.29, 0.717) is 0 Å². The fraction of sp³-hybridized carbons (Fsp3) is 0.688. The van der Waals surface area contributed by atoms with Crippen molar-refractivity contribution >= 4 is 111 Å². The second-order valence-electron chi connectivity index (χ2n) is 18.0. The van der Waals surface area contributed by atoms with Crippen molar-refractivity contribution in [3.63, 3.8) is 0 Å². The van der Waals surface area contributed by atoms with Gasteiger partial charge in [0.15, 0.2) is 39.0 Å². The molecular weight excluding hydrogens is 931 g/mol. The standard InChI is InChI=1S/C32H52N10O10P2S4Si2/c1-31(2,3)59(7,8)51-19-15-11-47-54(46,56)50-22-20(52-60(9,10)32(4,5)6)16(58-28(22)42-14-36-18-24(42)38-30(34)40-26(18)44)12-48-53(45,55)49-21(19)27(57-15)41-13-35-17-23(41)37-29(33)39-25(17)43/h13-16,19-22,27-28H,11-12H2,1-10H3,(H,45,55)(H,46,56)(H3,33,37,39,43)(H3,34,38,40,44)/t15-,16-,19-,20-,21-,22-,27-,28-,53?,54?/m1/s1. The Morgan fingerprint density at radius 1 is 0.750 bits per heavy atom. The molecule has 3 saturated heterocycles. The summed E-state index contributed by atoms with van der Waals surface area (Å²) >= 11 is 14.3. The van der Waals surface area contributed by atoms with Crippen molar-refractivity contribution in [3.8, 4) is 0 Å². The normalized spacial score (nSPS) is 32.5. The van der Waals surface area contributed by atoms with E-state index in [1.54, 1.807) is 9.13 Å². The SMILES string of the molecule is CC(C)(C)[Si](C)(C)O[C@H]1[C@H]2OP(O)(=S)OC[C@H]3S[C@@H](n4cnc5c(=O)[nH]c(N)nc54)[C@H](OP(O)(=S)OC[C@H]1S[C@H]2n1cnc2c(=O)[nH]c(N)nc21)[C@@H]3O[Si](C)(C)C(C)(C)C. The van der Waals surface area contributed by atoms with Crippen molar-refractivity contribution in [1.29, 1.82) is 0 Å². The minimum absolute atomic E-state index is 0.0403. The second-order valence-corrected chi connectivity index (χ2v) is 35.8. The van der Waals surface area contributed by atoms with E-state index in [2.05, 4.69) is 97.6 Å². The molecular formula is C32H52N10O10P2S4Si2. The highest BCUT2D eigenvalue weighted by molar-refractivity contribution is 8.07. The summed E-state index contributed by atoms with van der Waals surface area (Å²) in [4.78, 5) is 72.3. The molecule has 60 heavy (non-hydrogen) atoms. The number of H-pyrrole nitrogens is 2. The van der Waals surface area contributed by atoms with E-state index >= 15 is 0 Å². The number of thioether (sulfide) groups is 2. The van der Waals surface area contributed by atoms with E-state index in [1.165, 1.54) is 36.2 Å². The monoisotopic (exact) mass is 982 g/mol. The number of aromatic amines is 2. The van der Waals surface area contributed by atoms with Crippen LogP contribution in [-0.2, 0) is 50.6 Å². The van der Waals surface area contributed by atoms with Gasteiger partial charge in [0.1, 0.15) is 23.0 Å². The third-order valence-corrected chi connectivity index (χ3v) is 26.9. The summed E-state index contributed by atoms with van der Waals surface area (Å²) in [5.41, 5.74) is 11.3. The van der Waals surface area contributed by atoms with Crippen LogP contribution in [0.1, 0.15) is 52.3 Å². The number of imidazole rings is 2. The van der Waals surface area contributed by atoms with Gasteiger partial charge in [0, 0.05) is 0 Å². The van der Waals surface area contributed by atoms with Crippen molar-refractivity contribution in [1.82, 2.24) is 39.0 Å². The second kappa shape index (κ2) is 16.1. The number of rotatable bonds is 6. The van der Waals surface area contributed by atoms with Crippen LogP contribution in [0.2, 0.25) is 36.3 Å². The lowest BCUT2D eigenvalue weighted by molar-refractivity contribution is 0.00195. The molecule has 7 rings (SSSR count). The number of hydrogen-bond donors (Lipinski definition) is 6. The van der Waals surface area contributed by atoms with Gasteiger partial charge in [-0.3, -0.25) is 37.7 Å². The number of nitrogens with zero attached hydrogens (tertiary/aromatic N) is 6. The molecule has 4 aromatic heterocycles. The Hall–Kier alpha value is -1.59. The molecule has 2 unspecified atom stereocenters. The van der Waals surface area contributed by atoms with Crippen molar-refractivity contribution in [2.24, 2.45) is 0 Å². The summed E-state index contributed by atoms with van der Waals surface area (Å²) in [5.74, 6) is -0.239. The van der Waals surface area contributed by atoms with Crippen molar-refractivity contribution in [3.05, 3.63) is 33.4 Å². The molecule has 3 fully saturated rings. The van der Waals surface area contributed by atoms with Gasteiger partial charge >= 0.3 is 13.4 Å². The molecule has 7 heterocycles. The van der Waals surface area contributed by atoms with Gasteiger partial charge < -0.3 is 39.2 Å². The van der Waals surface area contributed by atoms with Gasteiger partial charge in [-0.15, -0.1) is 23.5 Å². The molecule has 0 aromatic carbocycles. The summed E-state index contributed by atoms with van der Waals surface area (Å²) in [5, 5.41) is -3.33. The fourth-order valence-corrected chi connectivity index (χ4v) is 15.8. The number of anilines is 2. The predicted octanol–water partition coefficient (Wildman–Crippen LogP) is 4.68. The van der Waals surface area contributed by atoms with Gasteiger partial charge in [-0.25, -0.2) is 9.97 Å². The first-order chi connectivity index (χ1) is 27.6. The van der Waals surface area contributed by atoms with Crippen LogP contribution in [0.25, 0.3) is 22.3 Å². The molecule has 332 valence electrons. The lowest BCUT2D eigenvalue weighted by Gasteiger charge is -2.42. The average Bonchev–Trinajstić information content (AvgIpc) is 3.86. The minimum Gasteiger partial charge on any atom is -0.410 e. The number of nitrogen functional groups attached to an aromatic ring is 2. The first kappa shape index (κ1) is 46.4. The average molecular weight is 983 g/mol. The van der Waals surface area contributed by atoms with Crippen molar-refractivity contribution in [2.75, 3.05) is 24.7 Å². The predicted molar refractivity (Wildman–Crippen MR) is 245 cm³/mol. The Bertz CT molecular complexity index is 2340. The maximum absolute atomic E-state index is 12.9. The Morgan fingerprint density at radius 2 is 1.10 bits per heavy atom. The Balaban J connectivity index is 1.34. The lowest BCUT2D eigenvalue weighted by Crippen LogP contribution is -2.50. The summed E-state index contributed by atoms with van der Waals surface area (Å²) < 4.78 is 43.1. The topological polar surface area (TPSA) is 275 Å². The first-order valence-corrected chi connectivity index (χ1v) is 31.9. The first-order valence-electron chi connectivity index (χ1n) is 19.0. The Morgan fingerprint density at radius 3 is 1.43 bits per heavy atom. The van der Waals surface area contributed by atoms with E-state index in [1.807, 2.05) is 0 Å². The molecule has 3 aliphatic rings. The maximum atomic E-state index is 12.9. The highest BCUT2D eigenvalue weighted by Crippen LogP contribution is 2.60. The minimum atomic E-state index is -4.16. The van der Waals surface area contributed by atoms with E-state index in [4.69, 9.17) is 62.0 Å². The van der Waals surface area contributed by atoms with Gasteiger partial charge in [-0.05, 0) is 59.9 Å². The quantitative estimate of drug-likeness (QED) is 0.113. The zero-order valence-corrected chi connectivity index (χ0v) is 41.8. The largest absolute Gasteiger partial charge is 0.410 e. The van der Waals surface area contributed by atoms with Crippen LogP contribution >= 0.6 is 37.0 Å². The summed E-state index contributed by atoms with van der Waals surface area (Å²) in [6.07, 6.45) is -0.828. The van der Waals surface area contributed by atoms with E-state index < -0.39 is 86.9 Å². The maximum Gasteiger partial charge on any atom is 0.325 e. The zero-order chi connectivity index (χ0) is 44.1. The van der Waals surface area contributed by atoms with Crippen LogP contribution in [0.15, 0.2) is 22.2 Å². The highest BCUT2D eigenvalue weighted by Gasteiger charge is 2.56. The number of nitrogens with two attached hydrogens (primary N) is 2. The highest BCUT2D eigenvalue weighted by atomic mass is 32.5. The molecule has 4 bridgehead atoms. The molecule has 10 atom stereocenters. The van der Waals surface area contributed by atoms with Gasteiger partial charge in [0.2, 0.25) is 11.9 Å². The van der Waals surface area contributed by atoms with Crippen LogP contribution in [0, 0.1) is 0 Å². The number of hydrogen-bond acceptors (Lipinski definition) is 18. The smallest absolute Gasteiger partial charge is 0.325 e. The molecule has 3 aliphatic heterocycles. The van der Waals surface area contributed by atoms with Gasteiger partial charge in [0.25, 0.3) is 11.1 Å². The molecule has 0 aliphatic carbocycles. The zero-order valence-electron chi connectivity index (χ0n) is 34.7. The number of fused-ring (bicyclic) bond motifs is 6. The molecule has 0 saturated carbocycles. The third kappa shape index (κ3) is 9.04. The van der Waals surface area contributed by atoms with Crippen molar-refractivity contribution in [2.45, 2.75) is 123 Å². The van der Waals surface area contributed by atoms with Gasteiger partial charge in [-0.1, -0.05) is 41.5 Å².